The van der Waals surface area contributed by atoms with Gasteiger partial charge in [0.15, 0.2) is 0 Å². The predicted molar refractivity (Wildman–Crippen MR) is 176 cm³/mol. The average Bonchev–Trinajstić information content (AvgIpc) is 2.96. The molecule has 0 aromatic heterocycles. The van der Waals surface area contributed by atoms with Crippen molar-refractivity contribution in [3.05, 3.63) is 24.3 Å². The highest BCUT2D eigenvalue weighted by molar-refractivity contribution is 5.76. The smallest absolute Gasteiger partial charge is 0.222 e. The molecule has 0 radical (unpaired) electrons. The minimum atomic E-state index is -0.928. The van der Waals surface area contributed by atoms with Crippen molar-refractivity contribution in [2.75, 3.05) is 6.61 Å². The summed E-state index contributed by atoms with van der Waals surface area (Å²) < 4.78 is 0. The van der Waals surface area contributed by atoms with Gasteiger partial charge in [0.25, 0.3) is 0 Å². The molecule has 0 aromatic carbocycles. The van der Waals surface area contributed by atoms with Gasteiger partial charge >= 0.3 is 0 Å². The molecule has 0 aliphatic carbocycles. The van der Waals surface area contributed by atoms with Crippen molar-refractivity contribution in [3.8, 4) is 0 Å². The van der Waals surface area contributed by atoms with Crippen LogP contribution in [-0.4, -0.2) is 46.1 Å². The minimum absolute atomic E-state index is 0.00385. The van der Waals surface area contributed by atoms with Gasteiger partial charge < -0.3 is 20.6 Å². The van der Waals surface area contributed by atoms with Gasteiger partial charge in [-0.15, -0.1) is 0 Å². The first-order valence-electron chi connectivity index (χ1n) is 17.6. The molecule has 1 amide bonds. The van der Waals surface area contributed by atoms with E-state index in [1.165, 1.54) is 109 Å². The molecule has 0 aliphatic rings. The Morgan fingerprint density at radius 1 is 0.610 bits per heavy atom. The SMILES string of the molecule is CCCCCCCCC/C=C\CCCCCC(O)CC(=O)NC(CO)C(O)/C=C/CCCCCCCCCCCC. The molecule has 0 rings (SSSR count). The summed E-state index contributed by atoms with van der Waals surface area (Å²) in [7, 11) is 0. The van der Waals surface area contributed by atoms with Crippen molar-refractivity contribution in [3.63, 3.8) is 0 Å². The number of rotatable bonds is 31. The van der Waals surface area contributed by atoms with Gasteiger partial charge in [0.05, 0.1) is 31.3 Å². The molecule has 5 heteroatoms. The molecule has 0 aliphatic heterocycles. The highest BCUT2D eigenvalue weighted by Crippen LogP contribution is 2.13. The van der Waals surface area contributed by atoms with Crippen molar-refractivity contribution in [1.82, 2.24) is 5.32 Å². The Morgan fingerprint density at radius 3 is 1.49 bits per heavy atom. The fourth-order valence-corrected chi connectivity index (χ4v) is 5.21. The van der Waals surface area contributed by atoms with Gasteiger partial charge in [0.2, 0.25) is 5.91 Å². The Labute approximate surface area is 254 Å². The number of unbranched alkanes of at least 4 members (excludes halogenated alkanes) is 20. The van der Waals surface area contributed by atoms with E-state index in [0.29, 0.717) is 6.42 Å². The lowest BCUT2D eigenvalue weighted by molar-refractivity contribution is -0.124. The molecule has 3 atom stereocenters. The first kappa shape index (κ1) is 39.8. The highest BCUT2D eigenvalue weighted by Gasteiger charge is 2.20. The Morgan fingerprint density at radius 2 is 1.02 bits per heavy atom. The van der Waals surface area contributed by atoms with E-state index in [0.717, 1.165) is 38.5 Å². The van der Waals surface area contributed by atoms with Crippen LogP contribution < -0.4 is 5.32 Å². The minimum Gasteiger partial charge on any atom is -0.394 e. The molecule has 0 bridgehead atoms. The van der Waals surface area contributed by atoms with Gasteiger partial charge in [-0.25, -0.2) is 0 Å². The van der Waals surface area contributed by atoms with Crippen LogP contribution in [0.5, 0.6) is 0 Å². The maximum absolute atomic E-state index is 12.3. The zero-order valence-corrected chi connectivity index (χ0v) is 27.2. The molecule has 0 fully saturated rings. The average molecular weight is 580 g/mol. The van der Waals surface area contributed by atoms with Gasteiger partial charge in [-0.3, -0.25) is 4.79 Å². The van der Waals surface area contributed by atoms with Gasteiger partial charge in [-0.2, -0.15) is 0 Å². The van der Waals surface area contributed by atoms with Crippen molar-refractivity contribution in [1.29, 1.82) is 0 Å². The van der Waals surface area contributed by atoms with Gasteiger partial charge in [-0.1, -0.05) is 147 Å². The van der Waals surface area contributed by atoms with Gasteiger partial charge in [0, 0.05) is 0 Å². The largest absolute Gasteiger partial charge is 0.394 e. The zero-order chi connectivity index (χ0) is 30.2. The molecular weight excluding hydrogens is 510 g/mol. The second-order valence-electron chi connectivity index (χ2n) is 12.1. The van der Waals surface area contributed by atoms with E-state index in [1.54, 1.807) is 6.08 Å². The number of hydrogen-bond acceptors (Lipinski definition) is 4. The van der Waals surface area contributed by atoms with Crippen molar-refractivity contribution in [2.24, 2.45) is 0 Å². The van der Waals surface area contributed by atoms with Crippen LogP contribution >= 0.6 is 0 Å². The molecule has 4 N–H and O–H groups in total. The number of allylic oxidation sites excluding steroid dienone is 3. The topological polar surface area (TPSA) is 89.8 Å². The van der Waals surface area contributed by atoms with Crippen LogP contribution in [0.4, 0.5) is 0 Å². The zero-order valence-electron chi connectivity index (χ0n) is 27.2. The van der Waals surface area contributed by atoms with Gasteiger partial charge in [0.1, 0.15) is 0 Å². The van der Waals surface area contributed by atoms with E-state index in [2.05, 4.69) is 31.3 Å². The Hall–Kier alpha value is -1.17. The molecule has 242 valence electrons. The maximum Gasteiger partial charge on any atom is 0.222 e. The van der Waals surface area contributed by atoms with E-state index >= 15 is 0 Å². The summed E-state index contributed by atoms with van der Waals surface area (Å²) in [5.41, 5.74) is 0. The number of nitrogens with one attached hydrogen (secondary N) is 1. The lowest BCUT2D eigenvalue weighted by Crippen LogP contribution is -2.45. The number of carbonyl (C=O) groups is 1. The number of carbonyl (C=O) groups excluding carboxylic acids is 1. The molecule has 5 nitrogen and oxygen atoms in total. The monoisotopic (exact) mass is 580 g/mol. The normalized spacial score (nSPS) is 14.2. The molecule has 0 saturated carbocycles. The lowest BCUT2D eigenvalue weighted by Gasteiger charge is -2.21. The fourth-order valence-electron chi connectivity index (χ4n) is 5.21. The van der Waals surface area contributed by atoms with Crippen LogP contribution in [0.3, 0.4) is 0 Å². The molecule has 0 aromatic rings. The summed E-state index contributed by atoms with van der Waals surface area (Å²) in [6.07, 6.45) is 35.8. The molecule has 0 saturated heterocycles. The first-order chi connectivity index (χ1) is 20.0. The van der Waals surface area contributed by atoms with Crippen LogP contribution in [0.1, 0.15) is 174 Å². The van der Waals surface area contributed by atoms with Crippen LogP contribution in [-0.2, 0) is 4.79 Å². The van der Waals surface area contributed by atoms with Crippen molar-refractivity contribution < 1.29 is 20.1 Å². The first-order valence-corrected chi connectivity index (χ1v) is 17.6. The predicted octanol–water partition coefficient (Wildman–Crippen LogP) is 9.09. The highest BCUT2D eigenvalue weighted by atomic mass is 16.3. The second-order valence-corrected chi connectivity index (χ2v) is 12.1. The third kappa shape index (κ3) is 28.7. The summed E-state index contributed by atoms with van der Waals surface area (Å²) >= 11 is 0. The summed E-state index contributed by atoms with van der Waals surface area (Å²) in [5.74, 6) is -0.327. The molecular formula is C36H69NO4. The summed E-state index contributed by atoms with van der Waals surface area (Å²) in [6.45, 7) is 4.17. The molecule has 0 spiro atoms. The van der Waals surface area contributed by atoms with Crippen molar-refractivity contribution in [2.45, 2.75) is 193 Å². The van der Waals surface area contributed by atoms with Gasteiger partial charge in [-0.05, 0) is 44.9 Å². The number of hydrogen-bond donors (Lipinski definition) is 4. The third-order valence-electron chi connectivity index (χ3n) is 7.98. The third-order valence-corrected chi connectivity index (χ3v) is 7.98. The Bertz CT molecular complexity index is 606. The summed E-state index contributed by atoms with van der Waals surface area (Å²) in [6, 6.07) is -0.744. The summed E-state index contributed by atoms with van der Waals surface area (Å²) in [5, 5.41) is 32.9. The summed E-state index contributed by atoms with van der Waals surface area (Å²) in [4.78, 5) is 12.3. The fraction of sp³-hybridized carbons (Fsp3) is 0.861. The van der Waals surface area contributed by atoms with Crippen LogP contribution in [0.25, 0.3) is 0 Å². The van der Waals surface area contributed by atoms with E-state index in [9.17, 15) is 20.1 Å². The number of aliphatic hydroxyl groups excluding tert-OH is 3. The molecule has 41 heavy (non-hydrogen) atoms. The molecule has 0 heterocycles. The Kier molecular flexibility index (Phi) is 30.9. The maximum atomic E-state index is 12.3. The van der Waals surface area contributed by atoms with Crippen LogP contribution in [0, 0.1) is 0 Å². The Balaban J connectivity index is 3.79. The standard InChI is InChI=1S/C36H69NO4/c1-3-5-7-9-11-13-15-17-18-19-21-23-25-27-29-33(39)31-36(41)37-34(32-38)35(40)30-28-26-24-22-20-16-14-12-10-8-6-4-2/h18-19,28,30,33-35,38-40H,3-17,20-27,29,31-32H2,1-2H3,(H,37,41)/b19-18-,30-28+. The quantitative estimate of drug-likeness (QED) is 0.0487. The lowest BCUT2D eigenvalue weighted by atomic mass is 10.0. The van der Waals surface area contributed by atoms with E-state index in [1.807, 2.05) is 6.08 Å². The van der Waals surface area contributed by atoms with Crippen LogP contribution in [0.2, 0.25) is 0 Å². The van der Waals surface area contributed by atoms with E-state index in [-0.39, 0.29) is 18.9 Å². The number of aliphatic hydroxyl groups is 3. The molecule has 3 unspecified atom stereocenters. The van der Waals surface area contributed by atoms with Crippen LogP contribution in [0.15, 0.2) is 24.3 Å². The van der Waals surface area contributed by atoms with E-state index < -0.39 is 18.2 Å². The second kappa shape index (κ2) is 31.8. The number of amides is 1. The van der Waals surface area contributed by atoms with Crippen molar-refractivity contribution >= 4 is 5.91 Å². The van der Waals surface area contributed by atoms with E-state index in [4.69, 9.17) is 0 Å².